The van der Waals surface area contributed by atoms with Gasteiger partial charge in [0.2, 0.25) is 0 Å². The van der Waals surface area contributed by atoms with Gasteiger partial charge in [0, 0.05) is 24.3 Å². The summed E-state index contributed by atoms with van der Waals surface area (Å²) in [7, 11) is 0. The van der Waals surface area contributed by atoms with Crippen molar-refractivity contribution in [2.45, 2.75) is 31.3 Å². The van der Waals surface area contributed by atoms with E-state index in [0.717, 1.165) is 11.3 Å². The fourth-order valence-corrected chi connectivity index (χ4v) is 3.73. The van der Waals surface area contributed by atoms with Crippen molar-refractivity contribution in [1.29, 1.82) is 0 Å². The van der Waals surface area contributed by atoms with E-state index in [1.807, 2.05) is 30.9 Å². The lowest BCUT2D eigenvalue weighted by molar-refractivity contribution is 0.291. The molecule has 0 amide bonds. The second-order valence-electron chi connectivity index (χ2n) is 5.76. The van der Waals surface area contributed by atoms with Gasteiger partial charge in [0.05, 0.1) is 24.3 Å². The molecule has 2 aromatic rings. The van der Waals surface area contributed by atoms with Crippen LogP contribution in [0.4, 0.5) is 5.82 Å². The van der Waals surface area contributed by atoms with Crippen LogP contribution in [-0.2, 0) is 0 Å². The predicted molar refractivity (Wildman–Crippen MR) is 78.1 cm³/mol. The summed E-state index contributed by atoms with van der Waals surface area (Å²) in [6, 6.07) is 5.11. The number of rotatable bonds is 2. The Morgan fingerprint density at radius 2 is 2.05 bits per heavy atom. The summed E-state index contributed by atoms with van der Waals surface area (Å²) >= 11 is 0. The highest BCUT2D eigenvalue weighted by molar-refractivity contribution is 5.59. The number of anilines is 1. The van der Waals surface area contributed by atoms with Gasteiger partial charge in [0.1, 0.15) is 5.82 Å². The number of nitrogen functional groups attached to an aromatic ring is 1. The highest BCUT2D eigenvalue weighted by Gasteiger charge is 2.38. The number of aromatic nitrogens is 3. The zero-order chi connectivity index (χ0) is 13.5. The molecule has 0 saturated carbocycles. The maximum atomic E-state index is 5.67. The zero-order valence-electron chi connectivity index (χ0n) is 11.4. The minimum Gasteiger partial charge on any atom is -0.384 e. The molecule has 4 rings (SSSR count). The third kappa shape index (κ3) is 1.81. The van der Waals surface area contributed by atoms with E-state index in [1.54, 1.807) is 0 Å². The molecular formula is C15H19N5. The molecule has 20 heavy (non-hydrogen) atoms. The quantitative estimate of drug-likeness (QED) is 0.905. The van der Waals surface area contributed by atoms with Gasteiger partial charge in [0.15, 0.2) is 0 Å². The fourth-order valence-electron chi connectivity index (χ4n) is 3.73. The minimum atomic E-state index is 0.549. The lowest BCUT2D eigenvalue weighted by Crippen LogP contribution is -2.27. The van der Waals surface area contributed by atoms with Gasteiger partial charge in [-0.25, -0.2) is 9.97 Å². The summed E-state index contributed by atoms with van der Waals surface area (Å²) in [5, 5.41) is 0. The van der Waals surface area contributed by atoms with Gasteiger partial charge in [0.25, 0.3) is 0 Å². The maximum absolute atomic E-state index is 5.67. The lowest BCUT2D eigenvalue weighted by atomic mass is 10.1. The number of hydrogen-bond donors (Lipinski definition) is 1. The van der Waals surface area contributed by atoms with Crippen LogP contribution in [0, 0.1) is 0 Å². The van der Waals surface area contributed by atoms with Gasteiger partial charge in [-0.05, 0) is 37.9 Å². The molecule has 0 aliphatic carbocycles. The van der Waals surface area contributed by atoms with Crippen molar-refractivity contribution in [2.24, 2.45) is 0 Å². The Kier molecular flexibility index (Phi) is 2.73. The normalized spacial score (nSPS) is 26.0. The molecule has 2 atom stereocenters. The third-order valence-corrected chi connectivity index (χ3v) is 4.68. The first-order chi connectivity index (χ1) is 9.83. The summed E-state index contributed by atoms with van der Waals surface area (Å²) < 4.78 is 2.34. The average Bonchev–Trinajstić information content (AvgIpc) is 3.14. The van der Waals surface area contributed by atoms with Crippen molar-refractivity contribution >= 4 is 5.82 Å². The lowest BCUT2D eigenvalue weighted by Gasteiger charge is -2.23. The second-order valence-corrected chi connectivity index (χ2v) is 5.76. The minimum absolute atomic E-state index is 0.549. The summed E-state index contributed by atoms with van der Waals surface area (Å²) in [6.07, 6.45) is 9.60. The number of imidazole rings is 1. The number of nitrogens with two attached hydrogens (primary N) is 1. The van der Waals surface area contributed by atoms with Gasteiger partial charge < -0.3 is 10.3 Å². The molecule has 2 saturated heterocycles. The monoisotopic (exact) mass is 269 g/mol. The molecule has 2 aromatic heterocycles. The van der Waals surface area contributed by atoms with Crippen LogP contribution in [-0.4, -0.2) is 38.6 Å². The van der Waals surface area contributed by atoms with E-state index >= 15 is 0 Å². The molecule has 0 bridgehead atoms. The van der Waals surface area contributed by atoms with Crippen LogP contribution >= 0.6 is 0 Å². The summed E-state index contributed by atoms with van der Waals surface area (Å²) in [5.41, 5.74) is 7.91. The van der Waals surface area contributed by atoms with Gasteiger partial charge in [-0.2, -0.15) is 0 Å². The Bertz CT molecular complexity index is 603. The molecule has 104 valence electrons. The average molecular weight is 269 g/mol. The van der Waals surface area contributed by atoms with Crippen molar-refractivity contribution in [1.82, 2.24) is 19.4 Å². The van der Waals surface area contributed by atoms with Crippen molar-refractivity contribution < 1.29 is 0 Å². The first kappa shape index (κ1) is 11.9. The molecule has 2 aliphatic rings. The van der Waals surface area contributed by atoms with E-state index in [0.29, 0.717) is 17.9 Å². The Balaban J connectivity index is 1.70. The summed E-state index contributed by atoms with van der Waals surface area (Å²) in [5.74, 6) is 0.558. The Morgan fingerprint density at radius 3 is 2.90 bits per heavy atom. The summed E-state index contributed by atoms with van der Waals surface area (Å²) in [6.45, 7) is 2.47. The van der Waals surface area contributed by atoms with Crippen LogP contribution in [0.5, 0.6) is 0 Å². The van der Waals surface area contributed by atoms with E-state index in [-0.39, 0.29) is 0 Å². The maximum Gasteiger partial charge on any atom is 0.123 e. The van der Waals surface area contributed by atoms with Gasteiger partial charge >= 0.3 is 0 Å². The molecule has 0 aromatic carbocycles. The highest BCUT2D eigenvalue weighted by atomic mass is 15.3. The van der Waals surface area contributed by atoms with Crippen LogP contribution in [0.2, 0.25) is 0 Å². The molecule has 4 heterocycles. The number of hydrogen-bond acceptors (Lipinski definition) is 4. The molecular weight excluding hydrogens is 250 g/mol. The first-order valence-corrected chi connectivity index (χ1v) is 7.31. The van der Waals surface area contributed by atoms with Crippen molar-refractivity contribution in [2.75, 3.05) is 18.8 Å². The molecule has 0 radical (unpaired) electrons. The van der Waals surface area contributed by atoms with E-state index in [2.05, 4.69) is 19.4 Å². The Hall–Kier alpha value is -1.88. The molecule has 2 aliphatic heterocycles. The number of nitrogens with zero attached hydrogens (tertiary/aromatic N) is 4. The highest BCUT2D eigenvalue weighted by Crippen LogP contribution is 2.38. The second kappa shape index (κ2) is 4.59. The van der Waals surface area contributed by atoms with Gasteiger partial charge in [-0.15, -0.1) is 0 Å². The Morgan fingerprint density at radius 1 is 1.10 bits per heavy atom. The van der Waals surface area contributed by atoms with E-state index in [4.69, 9.17) is 5.73 Å². The molecule has 2 unspecified atom stereocenters. The van der Waals surface area contributed by atoms with Crippen molar-refractivity contribution in [3.05, 3.63) is 30.9 Å². The smallest absolute Gasteiger partial charge is 0.123 e. The predicted octanol–water partition coefficient (Wildman–Crippen LogP) is 1.94. The molecule has 2 N–H and O–H groups in total. The van der Waals surface area contributed by atoms with E-state index in [9.17, 15) is 0 Å². The molecule has 2 fully saturated rings. The third-order valence-electron chi connectivity index (χ3n) is 4.68. The number of fused-ring (bicyclic) bond motifs is 1. The molecule has 5 heteroatoms. The van der Waals surface area contributed by atoms with Crippen LogP contribution < -0.4 is 5.73 Å². The van der Waals surface area contributed by atoms with Crippen LogP contribution in [0.25, 0.3) is 11.3 Å². The van der Waals surface area contributed by atoms with Gasteiger partial charge in [-0.1, -0.05) is 0 Å². The summed E-state index contributed by atoms with van der Waals surface area (Å²) in [4.78, 5) is 11.2. The molecule has 0 spiro atoms. The SMILES string of the molecule is Nc1ccc(-c2cncn2C2CCN3CCCC23)cn1. The fraction of sp³-hybridized carbons (Fsp3) is 0.467. The van der Waals surface area contributed by atoms with Crippen LogP contribution in [0.3, 0.4) is 0 Å². The van der Waals surface area contributed by atoms with Crippen molar-refractivity contribution in [3.63, 3.8) is 0 Å². The van der Waals surface area contributed by atoms with E-state index < -0.39 is 0 Å². The van der Waals surface area contributed by atoms with E-state index in [1.165, 1.54) is 32.4 Å². The molecule has 5 nitrogen and oxygen atoms in total. The zero-order valence-corrected chi connectivity index (χ0v) is 11.4. The van der Waals surface area contributed by atoms with Crippen LogP contribution in [0.1, 0.15) is 25.3 Å². The first-order valence-electron chi connectivity index (χ1n) is 7.31. The van der Waals surface area contributed by atoms with Crippen LogP contribution in [0.15, 0.2) is 30.9 Å². The van der Waals surface area contributed by atoms with Gasteiger partial charge in [-0.3, -0.25) is 4.90 Å². The topological polar surface area (TPSA) is 60.0 Å². The Labute approximate surface area is 118 Å². The standard InChI is InChI=1S/C15H19N5/c16-15-4-3-11(8-18-15)14-9-17-10-20(14)13-5-7-19-6-1-2-12(13)19/h3-4,8-10,12-13H,1-2,5-7H2,(H2,16,18). The largest absolute Gasteiger partial charge is 0.384 e. The number of pyridine rings is 1. The van der Waals surface area contributed by atoms with Crippen molar-refractivity contribution in [3.8, 4) is 11.3 Å².